The highest BCUT2D eigenvalue weighted by Crippen LogP contribution is 2.11. The quantitative estimate of drug-likeness (QED) is 0.678. The average molecular weight is 289 g/mol. The van der Waals surface area contributed by atoms with Crippen molar-refractivity contribution in [1.29, 1.82) is 0 Å². The van der Waals surface area contributed by atoms with Crippen LogP contribution in [0.3, 0.4) is 0 Å². The van der Waals surface area contributed by atoms with Crippen molar-refractivity contribution >= 4 is 23.5 Å². The zero-order chi connectivity index (χ0) is 14.4. The Balaban J connectivity index is 1.77. The number of carbonyl (C=O) groups is 1. The molecule has 0 atom stereocenters. The molecule has 6 heteroatoms. The van der Waals surface area contributed by atoms with Crippen LogP contribution >= 0.6 is 11.3 Å². The molecule has 1 N–H and O–H groups in total. The Kier molecular flexibility index (Phi) is 4.84. The Labute approximate surface area is 121 Å². The molecule has 2 aromatic rings. The van der Waals surface area contributed by atoms with E-state index in [9.17, 15) is 4.79 Å². The van der Waals surface area contributed by atoms with Gasteiger partial charge in [0.15, 0.2) is 6.61 Å². The number of carbonyl (C=O) groups excluding carboxylic acids is 1. The lowest BCUT2D eigenvalue weighted by Gasteiger charge is -2.05. The van der Waals surface area contributed by atoms with Gasteiger partial charge in [-0.2, -0.15) is 5.10 Å². The van der Waals surface area contributed by atoms with Gasteiger partial charge in [-0.1, -0.05) is 12.1 Å². The van der Waals surface area contributed by atoms with Crippen LogP contribution in [0.4, 0.5) is 0 Å². The number of hydrazone groups is 1. The molecule has 104 valence electrons. The lowest BCUT2D eigenvalue weighted by Crippen LogP contribution is -2.24. The fourth-order valence-electron chi connectivity index (χ4n) is 1.50. The summed E-state index contributed by atoms with van der Waals surface area (Å²) in [7, 11) is 0. The number of ether oxygens (including phenoxy) is 1. The van der Waals surface area contributed by atoms with E-state index in [-0.39, 0.29) is 12.5 Å². The number of hydrogen-bond acceptors (Lipinski definition) is 5. The monoisotopic (exact) mass is 289 g/mol. The van der Waals surface area contributed by atoms with Gasteiger partial charge in [0.1, 0.15) is 5.75 Å². The molecule has 0 aliphatic carbocycles. The van der Waals surface area contributed by atoms with Crippen LogP contribution in [-0.2, 0) is 4.79 Å². The van der Waals surface area contributed by atoms with Gasteiger partial charge in [-0.25, -0.2) is 10.4 Å². The van der Waals surface area contributed by atoms with E-state index in [1.807, 2.05) is 43.5 Å². The molecule has 1 aromatic carbocycles. The van der Waals surface area contributed by atoms with Crippen molar-refractivity contribution in [3.05, 3.63) is 45.9 Å². The maximum atomic E-state index is 11.5. The highest BCUT2D eigenvalue weighted by atomic mass is 32.1. The topological polar surface area (TPSA) is 63.6 Å². The largest absolute Gasteiger partial charge is 0.484 e. The summed E-state index contributed by atoms with van der Waals surface area (Å²) in [5.74, 6) is 0.356. The van der Waals surface area contributed by atoms with Crippen LogP contribution in [0.1, 0.15) is 16.3 Å². The van der Waals surface area contributed by atoms with Crippen LogP contribution in [0.2, 0.25) is 0 Å². The van der Waals surface area contributed by atoms with Crippen LogP contribution in [0.25, 0.3) is 0 Å². The van der Waals surface area contributed by atoms with Gasteiger partial charge in [-0.05, 0) is 31.5 Å². The van der Waals surface area contributed by atoms with Crippen molar-refractivity contribution < 1.29 is 9.53 Å². The van der Waals surface area contributed by atoms with E-state index < -0.39 is 0 Å². The molecular weight excluding hydrogens is 274 g/mol. The standard InChI is InChI=1S/C14H15N3O2S/c1-10-4-3-5-13(6-10)19-8-14(18)17-15-7-12-9-20-11(2)16-12/h3-7,9H,8H2,1-2H3,(H,17,18)/b15-7-. The van der Waals surface area contributed by atoms with Crippen molar-refractivity contribution in [2.75, 3.05) is 6.61 Å². The van der Waals surface area contributed by atoms with Crippen molar-refractivity contribution in [1.82, 2.24) is 10.4 Å². The maximum absolute atomic E-state index is 11.5. The van der Waals surface area contributed by atoms with E-state index in [1.54, 1.807) is 0 Å². The molecule has 0 fully saturated rings. The molecule has 20 heavy (non-hydrogen) atoms. The molecule has 0 saturated heterocycles. The van der Waals surface area contributed by atoms with Gasteiger partial charge < -0.3 is 4.74 Å². The molecule has 2 rings (SSSR count). The normalized spacial score (nSPS) is 10.7. The molecule has 1 amide bonds. The Morgan fingerprint density at radius 1 is 1.50 bits per heavy atom. The summed E-state index contributed by atoms with van der Waals surface area (Å²) < 4.78 is 5.36. The van der Waals surface area contributed by atoms with Gasteiger partial charge in [0.2, 0.25) is 0 Å². The highest BCUT2D eigenvalue weighted by molar-refractivity contribution is 7.09. The number of nitrogens with one attached hydrogen (secondary N) is 1. The molecule has 0 saturated carbocycles. The molecule has 0 aliphatic rings. The number of amides is 1. The fourth-order valence-corrected chi connectivity index (χ4v) is 2.06. The van der Waals surface area contributed by atoms with Crippen molar-refractivity contribution in [3.63, 3.8) is 0 Å². The molecule has 0 radical (unpaired) electrons. The van der Waals surface area contributed by atoms with Crippen molar-refractivity contribution in [3.8, 4) is 5.75 Å². The Morgan fingerprint density at radius 2 is 2.35 bits per heavy atom. The predicted molar refractivity (Wildman–Crippen MR) is 79.3 cm³/mol. The van der Waals surface area contributed by atoms with Crippen LogP contribution in [0.15, 0.2) is 34.7 Å². The van der Waals surface area contributed by atoms with Crippen LogP contribution in [-0.4, -0.2) is 23.7 Å². The maximum Gasteiger partial charge on any atom is 0.277 e. The first-order chi connectivity index (χ1) is 9.63. The molecular formula is C14H15N3O2S. The van der Waals surface area contributed by atoms with Crippen LogP contribution in [0.5, 0.6) is 5.75 Å². The van der Waals surface area contributed by atoms with E-state index in [2.05, 4.69) is 15.5 Å². The van der Waals surface area contributed by atoms with Gasteiger partial charge in [0.05, 0.1) is 16.9 Å². The van der Waals surface area contributed by atoms with Gasteiger partial charge in [0.25, 0.3) is 5.91 Å². The number of nitrogens with zero attached hydrogens (tertiary/aromatic N) is 2. The summed E-state index contributed by atoms with van der Waals surface area (Å²) in [6.45, 7) is 3.81. The third-order valence-electron chi connectivity index (χ3n) is 2.38. The second-order valence-electron chi connectivity index (χ2n) is 4.19. The summed E-state index contributed by atoms with van der Waals surface area (Å²) in [4.78, 5) is 15.7. The number of rotatable bonds is 5. The van der Waals surface area contributed by atoms with Gasteiger partial charge in [0, 0.05) is 5.38 Å². The number of aromatic nitrogens is 1. The zero-order valence-corrected chi connectivity index (χ0v) is 12.1. The van der Waals surface area contributed by atoms with Gasteiger partial charge in [-0.15, -0.1) is 11.3 Å². The summed E-state index contributed by atoms with van der Waals surface area (Å²) in [6, 6.07) is 7.52. The summed E-state index contributed by atoms with van der Waals surface area (Å²) >= 11 is 1.53. The van der Waals surface area contributed by atoms with E-state index in [1.165, 1.54) is 17.6 Å². The molecule has 0 unspecified atom stereocenters. The first-order valence-electron chi connectivity index (χ1n) is 6.07. The van der Waals surface area contributed by atoms with Gasteiger partial charge >= 0.3 is 0 Å². The highest BCUT2D eigenvalue weighted by Gasteiger charge is 2.01. The molecule has 0 aliphatic heterocycles. The molecule has 0 bridgehead atoms. The minimum atomic E-state index is -0.310. The minimum Gasteiger partial charge on any atom is -0.484 e. The van der Waals surface area contributed by atoms with Crippen molar-refractivity contribution in [2.24, 2.45) is 5.10 Å². The second kappa shape index (κ2) is 6.81. The third kappa shape index (κ3) is 4.47. The summed E-state index contributed by atoms with van der Waals surface area (Å²) in [5.41, 5.74) is 4.21. The second-order valence-corrected chi connectivity index (χ2v) is 5.25. The molecule has 1 heterocycles. The van der Waals surface area contributed by atoms with Crippen LogP contribution in [0, 0.1) is 13.8 Å². The Morgan fingerprint density at radius 3 is 3.05 bits per heavy atom. The summed E-state index contributed by atoms with van der Waals surface area (Å²) in [5, 5.41) is 6.65. The lowest BCUT2D eigenvalue weighted by molar-refractivity contribution is -0.123. The average Bonchev–Trinajstić information content (AvgIpc) is 2.82. The van der Waals surface area contributed by atoms with E-state index in [0.717, 1.165) is 16.3 Å². The van der Waals surface area contributed by atoms with Crippen LogP contribution < -0.4 is 10.2 Å². The molecule has 0 spiro atoms. The number of aryl methyl sites for hydroxylation is 2. The van der Waals surface area contributed by atoms with E-state index >= 15 is 0 Å². The Bertz CT molecular complexity index is 622. The first-order valence-corrected chi connectivity index (χ1v) is 6.95. The first kappa shape index (κ1) is 14.2. The number of benzene rings is 1. The minimum absolute atomic E-state index is 0.0725. The van der Waals surface area contributed by atoms with Crippen molar-refractivity contribution in [2.45, 2.75) is 13.8 Å². The molecule has 5 nitrogen and oxygen atoms in total. The number of hydrogen-bond donors (Lipinski definition) is 1. The van der Waals surface area contributed by atoms with E-state index in [4.69, 9.17) is 4.74 Å². The molecule has 1 aromatic heterocycles. The van der Waals surface area contributed by atoms with E-state index in [0.29, 0.717) is 5.75 Å². The fraction of sp³-hybridized carbons (Fsp3) is 0.214. The van der Waals surface area contributed by atoms with Gasteiger partial charge in [-0.3, -0.25) is 4.79 Å². The smallest absolute Gasteiger partial charge is 0.277 e. The SMILES string of the molecule is Cc1cccc(OCC(=O)N/N=C\c2csc(C)n2)c1. The zero-order valence-electron chi connectivity index (χ0n) is 11.3. The lowest BCUT2D eigenvalue weighted by atomic mass is 10.2. The summed E-state index contributed by atoms with van der Waals surface area (Å²) in [6.07, 6.45) is 1.51. The predicted octanol–water partition coefficient (Wildman–Crippen LogP) is 2.29. The Hall–Kier alpha value is -2.21. The number of thiazole rings is 1. The third-order valence-corrected chi connectivity index (χ3v) is 3.17.